The largest absolute Gasteiger partial charge is 0.271 e. The number of nitrogens with one attached hydrogen (secondary N) is 1. The minimum absolute atomic E-state index is 0.233. The van der Waals surface area contributed by atoms with Gasteiger partial charge in [-0.1, -0.05) is 57.6 Å². The monoisotopic (exact) mass is 403 g/mol. The number of amides is 1. The summed E-state index contributed by atoms with van der Waals surface area (Å²) in [4.78, 5) is 22.7. The van der Waals surface area contributed by atoms with E-state index in [4.69, 9.17) is 46.4 Å². The van der Waals surface area contributed by atoms with Crippen LogP contribution < -0.4 is 5.43 Å². The zero-order valence-electron chi connectivity index (χ0n) is 11.9. The lowest BCUT2D eigenvalue weighted by molar-refractivity contribution is 0.0955. The summed E-state index contributed by atoms with van der Waals surface area (Å²) in [5, 5.41) is 7.95. The number of benzene rings is 2. The average molecular weight is 405 g/mol. The molecule has 0 aliphatic rings. The van der Waals surface area contributed by atoms with Crippen LogP contribution >= 0.6 is 46.4 Å². The van der Waals surface area contributed by atoms with Crippen molar-refractivity contribution in [3.8, 4) is 0 Å². The molecule has 1 N–H and O–H groups in total. The topological polar surface area (TPSA) is 70.9 Å². The maximum atomic E-state index is 12.1. The van der Waals surface area contributed by atoms with Gasteiger partial charge in [0.15, 0.2) is 0 Å². The number of carbonyl (C=O) groups is 1. The summed E-state index contributed by atoms with van der Waals surface area (Å²) >= 11 is 23.5. The van der Waals surface area contributed by atoms with Gasteiger partial charge in [0.25, 0.3) is 5.91 Å². The third-order valence-electron chi connectivity index (χ3n) is 2.94. The lowest BCUT2D eigenvalue weighted by atomic mass is 10.1. The Morgan fingerprint density at radius 2 is 1.42 bits per heavy atom. The Bertz CT molecular complexity index is 824. The highest BCUT2D eigenvalue weighted by Crippen LogP contribution is 2.24. The van der Waals surface area contributed by atoms with Gasteiger partial charge in [0, 0.05) is 11.1 Å². The summed E-state index contributed by atoms with van der Waals surface area (Å²) in [5.74, 6) is -0.517. The van der Waals surface area contributed by atoms with E-state index in [1.54, 1.807) is 12.1 Å². The molecule has 0 saturated carbocycles. The van der Waals surface area contributed by atoms with Crippen LogP contribution in [0, 0.1) is 4.91 Å². The Balaban J connectivity index is 2.24. The van der Waals surface area contributed by atoms with Gasteiger partial charge in [-0.05, 0) is 30.3 Å². The van der Waals surface area contributed by atoms with Crippen molar-refractivity contribution in [2.24, 2.45) is 10.3 Å². The number of hydrogen-bond acceptors (Lipinski definition) is 4. The van der Waals surface area contributed by atoms with Crippen molar-refractivity contribution >= 4 is 58.0 Å². The number of halogens is 4. The Labute approximate surface area is 157 Å². The lowest BCUT2D eigenvalue weighted by Gasteiger charge is -2.06. The third kappa shape index (κ3) is 4.68. The standard InChI is InChI=1S/C15H9Cl4N3O2/c16-10-3-1-8(5-12(10)18)14(7-20-24)21-22-15(23)9-2-4-11(17)13(19)6-9/h1-6H,7H2,(H,22,23). The van der Waals surface area contributed by atoms with E-state index in [1.165, 1.54) is 24.3 Å². The SMILES string of the molecule is O=NCC(=NNC(=O)c1ccc(Cl)c(Cl)c1)c1ccc(Cl)c(Cl)c1. The van der Waals surface area contributed by atoms with Crippen LogP contribution in [0.4, 0.5) is 0 Å². The van der Waals surface area contributed by atoms with Gasteiger partial charge in [0.05, 0.1) is 25.8 Å². The predicted molar refractivity (Wildman–Crippen MR) is 97.6 cm³/mol. The zero-order valence-corrected chi connectivity index (χ0v) is 14.9. The minimum atomic E-state index is -0.517. The van der Waals surface area contributed by atoms with E-state index in [0.29, 0.717) is 20.6 Å². The van der Waals surface area contributed by atoms with Gasteiger partial charge in [0.1, 0.15) is 6.54 Å². The first-order valence-electron chi connectivity index (χ1n) is 6.49. The Kier molecular flexibility index (Phi) is 6.57. The normalized spacial score (nSPS) is 11.2. The smallest absolute Gasteiger partial charge is 0.267 e. The molecule has 2 rings (SSSR count). The molecule has 0 radical (unpaired) electrons. The molecule has 0 aliphatic carbocycles. The van der Waals surface area contributed by atoms with Crippen molar-refractivity contribution in [2.45, 2.75) is 0 Å². The fourth-order valence-corrected chi connectivity index (χ4v) is 2.34. The fraction of sp³-hybridized carbons (Fsp3) is 0.0667. The van der Waals surface area contributed by atoms with Gasteiger partial charge in [-0.25, -0.2) is 5.43 Å². The van der Waals surface area contributed by atoms with Gasteiger partial charge in [-0.3, -0.25) is 4.79 Å². The third-order valence-corrected chi connectivity index (χ3v) is 4.42. The van der Waals surface area contributed by atoms with Crippen molar-refractivity contribution in [1.82, 2.24) is 5.43 Å². The van der Waals surface area contributed by atoms with E-state index in [2.05, 4.69) is 15.7 Å². The number of carbonyl (C=O) groups excluding carboxylic acids is 1. The molecule has 0 saturated heterocycles. The molecule has 24 heavy (non-hydrogen) atoms. The Morgan fingerprint density at radius 3 is 1.96 bits per heavy atom. The molecule has 0 heterocycles. The average Bonchev–Trinajstić information content (AvgIpc) is 2.56. The van der Waals surface area contributed by atoms with E-state index < -0.39 is 5.91 Å². The Hall–Kier alpha value is -1.66. The summed E-state index contributed by atoms with van der Waals surface area (Å²) in [6, 6.07) is 9.10. The molecule has 9 heteroatoms. The second-order valence-electron chi connectivity index (χ2n) is 4.54. The van der Waals surface area contributed by atoms with Crippen LogP contribution in [0.15, 0.2) is 46.7 Å². The highest BCUT2D eigenvalue weighted by atomic mass is 35.5. The molecule has 0 aliphatic heterocycles. The van der Waals surface area contributed by atoms with Crippen LogP contribution in [0.2, 0.25) is 20.1 Å². The summed E-state index contributed by atoms with van der Waals surface area (Å²) in [5.41, 5.74) is 3.35. The first-order chi connectivity index (χ1) is 11.4. The van der Waals surface area contributed by atoms with Gasteiger partial charge < -0.3 is 0 Å². The van der Waals surface area contributed by atoms with Crippen LogP contribution in [-0.4, -0.2) is 18.2 Å². The number of hydrazone groups is 1. The molecule has 0 unspecified atom stereocenters. The first kappa shape index (κ1) is 18.7. The minimum Gasteiger partial charge on any atom is -0.267 e. The van der Waals surface area contributed by atoms with E-state index >= 15 is 0 Å². The number of nitroso groups, excluding NO2 is 1. The summed E-state index contributed by atoms with van der Waals surface area (Å²) in [6.45, 7) is -0.250. The van der Waals surface area contributed by atoms with Gasteiger partial charge in [-0.15, -0.1) is 0 Å². The van der Waals surface area contributed by atoms with E-state index in [0.717, 1.165) is 0 Å². The maximum absolute atomic E-state index is 12.1. The molecule has 5 nitrogen and oxygen atoms in total. The molecular formula is C15H9Cl4N3O2. The van der Waals surface area contributed by atoms with Gasteiger partial charge >= 0.3 is 0 Å². The summed E-state index contributed by atoms with van der Waals surface area (Å²) < 4.78 is 0. The molecule has 0 atom stereocenters. The van der Waals surface area contributed by atoms with Crippen molar-refractivity contribution in [3.05, 3.63) is 72.5 Å². The quantitative estimate of drug-likeness (QED) is 0.422. The lowest BCUT2D eigenvalue weighted by Crippen LogP contribution is -2.21. The molecule has 0 aromatic heterocycles. The van der Waals surface area contributed by atoms with Crippen LogP contribution in [0.5, 0.6) is 0 Å². The molecule has 0 spiro atoms. The van der Waals surface area contributed by atoms with Crippen molar-refractivity contribution in [3.63, 3.8) is 0 Å². The second-order valence-corrected chi connectivity index (χ2v) is 6.17. The molecule has 2 aromatic rings. The molecule has 124 valence electrons. The predicted octanol–water partition coefficient (Wildman–Crippen LogP) is 5.20. The fourth-order valence-electron chi connectivity index (χ4n) is 1.75. The number of hydrogen-bond donors (Lipinski definition) is 1. The zero-order chi connectivity index (χ0) is 17.7. The van der Waals surface area contributed by atoms with Crippen molar-refractivity contribution in [1.29, 1.82) is 0 Å². The van der Waals surface area contributed by atoms with Crippen LogP contribution in [-0.2, 0) is 0 Å². The number of nitrogens with zero attached hydrogens (tertiary/aromatic N) is 2. The van der Waals surface area contributed by atoms with Crippen molar-refractivity contribution < 1.29 is 4.79 Å². The Morgan fingerprint density at radius 1 is 0.875 bits per heavy atom. The summed E-state index contributed by atoms with van der Waals surface area (Å²) in [7, 11) is 0. The van der Waals surface area contributed by atoms with Crippen LogP contribution in [0.3, 0.4) is 0 Å². The molecule has 0 fully saturated rings. The molecule has 0 bridgehead atoms. The highest BCUT2D eigenvalue weighted by Gasteiger charge is 2.10. The molecular weight excluding hydrogens is 396 g/mol. The van der Waals surface area contributed by atoms with Gasteiger partial charge in [0.2, 0.25) is 0 Å². The van der Waals surface area contributed by atoms with E-state index in [9.17, 15) is 9.70 Å². The van der Waals surface area contributed by atoms with Crippen LogP contribution in [0.25, 0.3) is 0 Å². The van der Waals surface area contributed by atoms with E-state index in [1.807, 2.05) is 0 Å². The maximum Gasteiger partial charge on any atom is 0.271 e. The first-order valence-corrected chi connectivity index (χ1v) is 8.00. The van der Waals surface area contributed by atoms with Crippen molar-refractivity contribution in [2.75, 3.05) is 6.54 Å². The molecule has 2 aromatic carbocycles. The summed E-state index contributed by atoms with van der Waals surface area (Å²) in [6.07, 6.45) is 0. The second kappa shape index (κ2) is 8.44. The molecule has 1 amide bonds. The van der Waals surface area contributed by atoms with Gasteiger partial charge in [-0.2, -0.15) is 10.0 Å². The van der Waals surface area contributed by atoms with Crippen LogP contribution in [0.1, 0.15) is 15.9 Å². The van der Waals surface area contributed by atoms with E-state index in [-0.39, 0.29) is 22.8 Å². The highest BCUT2D eigenvalue weighted by molar-refractivity contribution is 6.42. The number of rotatable bonds is 5.